The van der Waals surface area contributed by atoms with Gasteiger partial charge in [0.15, 0.2) is 5.82 Å². The van der Waals surface area contributed by atoms with Crippen molar-refractivity contribution < 1.29 is 4.79 Å². The zero-order chi connectivity index (χ0) is 16.3. The van der Waals surface area contributed by atoms with Crippen LogP contribution < -0.4 is 5.32 Å². The normalized spacial score (nSPS) is 28.0. The first-order valence-corrected chi connectivity index (χ1v) is 8.22. The number of anilines is 1. The molecule has 1 aromatic carbocycles. The van der Waals surface area contributed by atoms with Gasteiger partial charge in [-0.3, -0.25) is 9.89 Å². The Balaban J connectivity index is 1.51. The summed E-state index contributed by atoms with van der Waals surface area (Å²) in [5, 5.41) is 25.3. The van der Waals surface area contributed by atoms with Crippen LogP contribution in [-0.2, 0) is 10.2 Å². The van der Waals surface area contributed by atoms with E-state index in [1.54, 1.807) is 12.3 Å². The maximum absolute atomic E-state index is 13.1. The Labute approximate surface area is 141 Å². The van der Waals surface area contributed by atoms with Gasteiger partial charge in [0.1, 0.15) is 5.41 Å². The number of rotatable bonds is 3. The van der Waals surface area contributed by atoms with Crippen LogP contribution in [0.1, 0.15) is 25.1 Å². The van der Waals surface area contributed by atoms with Crippen molar-refractivity contribution in [3.63, 3.8) is 0 Å². The van der Waals surface area contributed by atoms with E-state index in [9.17, 15) is 4.79 Å². The molecule has 8 nitrogen and oxygen atoms in total. The van der Waals surface area contributed by atoms with Crippen molar-refractivity contribution in [1.29, 1.82) is 0 Å². The van der Waals surface area contributed by atoms with Gasteiger partial charge in [0.05, 0.1) is 22.4 Å². The molecule has 2 aliphatic carbocycles. The summed E-state index contributed by atoms with van der Waals surface area (Å²) in [6.07, 6.45) is 4.35. The molecule has 0 saturated heterocycles. The van der Waals surface area contributed by atoms with Crippen LogP contribution in [0.5, 0.6) is 0 Å². The van der Waals surface area contributed by atoms with Gasteiger partial charge < -0.3 is 5.32 Å². The zero-order valence-corrected chi connectivity index (χ0v) is 13.3. The van der Waals surface area contributed by atoms with Gasteiger partial charge in [-0.2, -0.15) is 10.3 Å². The average molecular weight is 344 g/mol. The Hall–Kier alpha value is -2.48. The molecule has 0 aliphatic heterocycles. The molecule has 0 spiro atoms. The number of hydrogen-bond donors (Lipinski definition) is 3. The fourth-order valence-electron chi connectivity index (χ4n) is 3.94. The Morgan fingerprint density at radius 1 is 1.33 bits per heavy atom. The molecule has 9 heteroatoms. The number of halogens is 1. The van der Waals surface area contributed by atoms with Crippen LogP contribution >= 0.6 is 11.6 Å². The van der Waals surface area contributed by atoms with E-state index >= 15 is 0 Å². The topological polar surface area (TPSA) is 112 Å². The van der Waals surface area contributed by atoms with Crippen LogP contribution in [0.25, 0.3) is 10.9 Å². The van der Waals surface area contributed by atoms with Gasteiger partial charge in [-0.15, -0.1) is 10.2 Å². The summed E-state index contributed by atoms with van der Waals surface area (Å²) >= 11 is 6.42. The first-order valence-electron chi connectivity index (χ1n) is 7.84. The SMILES string of the molecule is O=C(Nc1ccc2[nH]ncc2c1Cl)C1(c2nn[nH]n2)CC2CC2C1. The van der Waals surface area contributed by atoms with Crippen molar-refractivity contribution >= 4 is 34.1 Å². The number of carbonyl (C=O) groups excluding carboxylic acids is 1. The van der Waals surface area contributed by atoms with Gasteiger partial charge in [0.25, 0.3) is 0 Å². The van der Waals surface area contributed by atoms with Gasteiger partial charge in [-0.25, -0.2) is 0 Å². The molecule has 1 amide bonds. The predicted octanol–water partition coefficient (Wildman–Crippen LogP) is 2.04. The van der Waals surface area contributed by atoms with E-state index in [0.717, 1.165) is 23.7 Å². The molecule has 5 rings (SSSR count). The monoisotopic (exact) mass is 343 g/mol. The van der Waals surface area contributed by atoms with Crippen molar-refractivity contribution in [2.75, 3.05) is 5.32 Å². The Morgan fingerprint density at radius 3 is 2.92 bits per heavy atom. The molecule has 2 heterocycles. The van der Waals surface area contributed by atoms with E-state index in [4.69, 9.17) is 11.6 Å². The van der Waals surface area contributed by atoms with E-state index < -0.39 is 5.41 Å². The summed E-state index contributed by atoms with van der Waals surface area (Å²) in [6.45, 7) is 0. The van der Waals surface area contributed by atoms with Gasteiger partial charge in [-0.05, 0) is 43.2 Å². The van der Waals surface area contributed by atoms with Crippen LogP contribution in [0, 0.1) is 11.8 Å². The van der Waals surface area contributed by atoms with E-state index in [2.05, 4.69) is 36.1 Å². The number of benzene rings is 1. The van der Waals surface area contributed by atoms with E-state index in [0.29, 0.717) is 28.4 Å². The van der Waals surface area contributed by atoms with Gasteiger partial charge in [-0.1, -0.05) is 16.8 Å². The van der Waals surface area contributed by atoms with Gasteiger partial charge in [0.2, 0.25) is 5.91 Å². The van der Waals surface area contributed by atoms with Gasteiger partial charge >= 0.3 is 0 Å². The molecule has 2 atom stereocenters. The van der Waals surface area contributed by atoms with Crippen LogP contribution in [-0.4, -0.2) is 36.7 Å². The van der Waals surface area contributed by atoms with Crippen molar-refractivity contribution in [3.8, 4) is 0 Å². The third-order valence-electron chi connectivity index (χ3n) is 5.30. The molecule has 122 valence electrons. The summed E-state index contributed by atoms with van der Waals surface area (Å²) in [6, 6.07) is 3.62. The maximum Gasteiger partial charge on any atom is 0.238 e. The summed E-state index contributed by atoms with van der Waals surface area (Å²) in [4.78, 5) is 13.1. The maximum atomic E-state index is 13.1. The minimum absolute atomic E-state index is 0.124. The number of aromatic nitrogens is 6. The fourth-order valence-corrected chi connectivity index (χ4v) is 4.21. The van der Waals surface area contributed by atoms with Crippen LogP contribution in [0.4, 0.5) is 5.69 Å². The number of aromatic amines is 2. The smallest absolute Gasteiger partial charge is 0.238 e. The van der Waals surface area contributed by atoms with Crippen LogP contribution in [0.15, 0.2) is 18.3 Å². The van der Waals surface area contributed by atoms with Crippen molar-refractivity contribution in [1.82, 2.24) is 30.8 Å². The predicted molar refractivity (Wildman–Crippen MR) is 86.4 cm³/mol. The second-order valence-corrected chi connectivity index (χ2v) is 7.07. The second-order valence-electron chi connectivity index (χ2n) is 6.69. The second kappa shape index (κ2) is 4.76. The zero-order valence-electron chi connectivity index (χ0n) is 12.6. The lowest BCUT2D eigenvalue weighted by atomic mass is 9.81. The largest absolute Gasteiger partial charge is 0.324 e. The molecule has 2 saturated carbocycles. The molecule has 3 N–H and O–H groups in total. The number of hydrogen-bond acceptors (Lipinski definition) is 5. The van der Waals surface area contributed by atoms with E-state index in [-0.39, 0.29) is 5.91 Å². The van der Waals surface area contributed by atoms with Crippen molar-refractivity contribution in [3.05, 3.63) is 29.2 Å². The third-order valence-corrected chi connectivity index (χ3v) is 5.71. The summed E-state index contributed by atoms with van der Waals surface area (Å²) in [7, 11) is 0. The average Bonchev–Trinajstić information content (AvgIpc) is 3.06. The number of nitrogens with one attached hydrogen (secondary N) is 3. The molecule has 2 aliphatic rings. The first kappa shape index (κ1) is 13.9. The number of fused-ring (bicyclic) bond motifs is 2. The molecule has 2 unspecified atom stereocenters. The molecule has 2 fully saturated rings. The highest BCUT2D eigenvalue weighted by Gasteiger charge is 2.60. The van der Waals surface area contributed by atoms with Crippen LogP contribution in [0.3, 0.4) is 0 Å². The minimum Gasteiger partial charge on any atom is -0.324 e. The lowest BCUT2D eigenvalue weighted by molar-refractivity contribution is -0.122. The molecule has 24 heavy (non-hydrogen) atoms. The number of carbonyl (C=O) groups is 1. The van der Waals surface area contributed by atoms with Crippen molar-refractivity contribution in [2.45, 2.75) is 24.7 Å². The lowest BCUT2D eigenvalue weighted by Crippen LogP contribution is -2.40. The highest BCUT2D eigenvalue weighted by molar-refractivity contribution is 6.38. The highest BCUT2D eigenvalue weighted by Crippen LogP contribution is 2.60. The number of amides is 1. The molecule has 3 aromatic rings. The van der Waals surface area contributed by atoms with E-state index in [1.807, 2.05) is 6.07 Å². The number of nitrogens with zero attached hydrogens (tertiary/aromatic N) is 4. The summed E-state index contributed by atoms with van der Waals surface area (Å²) < 4.78 is 0. The van der Waals surface area contributed by atoms with Crippen molar-refractivity contribution in [2.24, 2.45) is 11.8 Å². The molecular formula is C15H14ClN7O. The Morgan fingerprint density at radius 2 is 2.17 bits per heavy atom. The molecule has 2 aromatic heterocycles. The molecular weight excluding hydrogens is 330 g/mol. The standard InChI is InChI=1S/C15H14ClN7O/c16-12-9-6-17-19-10(9)1-2-11(12)18-14(24)15(13-20-22-23-21-13)4-7-3-8(7)5-15/h1-2,6-8H,3-5H2,(H,17,19)(H,18,24)(H,20,21,22,23). The Bertz CT molecular complexity index is 925. The molecule has 0 bridgehead atoms. The van der Waals surface area contributed by atoms with Crippen LogP contribution in [0.2, 0.25) is 5.02 Å². The minimum atomic E-state index is -0.727. The number of tetrazole rings is 1. The third kappa shape index (κ3) is 1.89. The quantitative estimate of drug-likeness (QED) is 0.673. The van der Waals surface area contributed by atoms with Gasteiger partial charge in [0, 0.05) is 5.39 Å². The van der Waals surface area contributed by atoms with E-state index in [1.165, 1.54) is 6.42 Å². The number of H-pyrrole nitrogens is 2. The first-order chi connectivity index (χ1) is 11.7. The molecule has 0 radical (unpaired) electrons. The fraction of sp³-hybridized carbons (Fsp3) is 0.400. The lowest BCUT2D eigenvalue weighted by Gasteiger charge is -2.26. The Kier molecular flexibility index (Phi) is 2.76. The highest BCUT2D eigenvalue weighted by atomic mass is 35.5. The summed E-state index contributed by atoms with van der Waals surface area (Å²) in [5.41, 5.74) is 0.668. The summed E-state index contributed by atoms with van der Waals surface area (Å²) in [5.74, 6) is 1.51.